The molecule has 205 valence electrons. The molecule has 0 saturated heterocycles. The molecule has 1 heterocycles. The largest absolute Gasteiger partial charge is 0.512 e. The topological polar surface area (TPSA) is 74.0 Å². The fourth-order valence-electron chi connectivity index (χ4n) is 4.78. The number of aliphatic hydroxyl groups is 1. The molecule has 0 fully saturated rings. The number of carbonyl (C=O) groups excluding carboxylic acids is 1. The Labute approximate surface area is 249 Å². The molecule has 1 aromatic heterocycles. The molecule has 0 amide bonds. The maximum Gasteiger partial charge on any atom is 0.155 e. The van der Waals surface area contributed by atoms with Gasteiger partial charge in [0.1, 0.15) is 0 Å². The van der Waals surface area contributed by atoms with Gasteiger partial charge in [0, 0.05) is 32.4 Å². The number of hydrogen-bond donors (Lipinski definition) is 1. The van der Waals surface area contributed by atoms with E-state index in [2.05, 4.69) is 88.4 Å². The van der Waals surface area contributed by atoms with Crippen molar-refractivity contribution in [1.82, 2.24) is 4.98 Å². The number of rotatable bonds is 4. The van der Waals surface area contributed by atoms with E-state index in [1.807, 2.05) is 18.3 Å². The molecule has 1 N–H and O–H groups in total. The first-order chi connectivity index (χ1) is 18.6. The normalized spacial score (nSPS) is 11.3. The fourth-order valence-corrected chi connectivity index (χ4v) is 4.78. The number of nitrogens with zero attached hydrogens (tertiary/aromatic N) is 2. The standard InChI is InChI=1S/C30H25N2.C5H8O2.Ir/c1-18(2)22-14-23(19(3)4)16-24(15-22)30-29-10-9-26-25-7-5-20(17-31)13-21(25)6-8-27(26)28(29)11-12-32-30;1-4(6)3-5(2)7;/h5-15,18-19H,1-4H3;3,6H,1-2H3;/q-1;;/b;4-3-;. The van der Waals surface area contributed by atoms with Gasteiger partial charge >= 0.3 is 0 Å². The molecular formula is C35H33IrN2O2-. The minimum Gasteiger partial charge on any atom is -0.512 e. The van der Waals surface area contributed by atoms with E-state index >= 15 is 0 Å². The van der Waals surface area contributed by atoms with Crippen LogP contribution in [0.15, 0.2) is 78.7 Å². The van der Waals surface area contributed by atoms with Gasteiger partial charge < -0.3 is 10.1 Å². The Bertz CT molecular complexity index is 1750. The van der Waals surface area contributed by atoms with E-state index in [1.165, 1.54) is 47.2 Å². The van der Waals surface area contributed by atoms with Gasteiger partial charge in [-0.3, -0.25) is 4.79 Å². The molecule has 0 aliphatic rings. The molecule has 0 spiro atoms. The van der Waals surface area contributed by atoms with Crippen molar-refractivity contribution in [2.24, 2.45) is 0 Å². The third-order valence-corrected chi connectivity index (χ3v) is 6.76. The second-order valence-corrected chi connectivity index (χ2v) is 10.5. The van der Waals surface area contributed by atoms with Crippen LogP contribution in [0.2, 0.25) is 0 Å². The summed E-state index contributed by atoms with van der Waals surface area (Å²) in [4.78, 5) is 14.8. The minimum atomic E-state index is -0.125. The molecule has 0 bridgehead atoms. The first-order valence-electron chi connectivity index (χ1n) is 13.2. The third-order valence-electron chi connectivity index (χ3n) is 6.76. The first-order valence-corrected chi connectivity index (χ1v) is 13.2. The summed E-state index contributed by atoms with van der Waals surface area (Å²) in [6, 6.07) is 27.1. The van der Waals surface area contributed by atoms with Crippen molar-refractivity contribution in [3.8, 4) is 17.3 Å². The molecule has 5 rings (SSSR count). The number of allylic oxidation sites excluding steroid dienone is 2. The zero-order valence-electron chi connectivity index (χ0n) is 23.7. The van der Waals surface area contributed by atoms with Gasteiger partial charge in [0.2, 0.25) is 0 Å². The van der Waals surface area contributed by atoms with Crippen molar-refractivity contribution < 1.29 is 30.0 Å². The van der Waals surface area contributed by atoms with Crippen LogP contribution in [-0.2, 0) is 24.9 Å². The van der Waals surface area contributed by atoms with Gasteiger partial charge in [-0.25, -0.2) is 0 Å². The zero-order chi connectivity index (χ0) is 28.3. The predicted octanol–water partition coefficient (Wildman–Crippen LogP) is 9.16. The van der Waals surface area contributed by atoms with Crippen LogP contribution in [0.4, 0.5) is 0 Å². The van der Waals surface area contributed by atoms with Crippen LogP contribution in [0, 0.1) is 17.4 Å². The van der Waals surface area contributed by atoms with Crippen LogP contribution in [0.1, 0.15) is 70.1 Å². The van der Waals surface area contributed by atoms with Crippen molar-refractivity contribution in [1.29, 1.82) is 5.26 Å². The molecule has 4 nitrogen and oxygen atoms in total. The van der Waals surface area contributed by atoms with E-state index in [0.717, 1.165) is 27.4 Å². The van der Waals surface area contributed by atoms with Gasteiger partial charge in [0.25, 0.3) is 0 Å². The van der Waals surface area contributed by atoms with E-state index in [0.29, 0.717) is 17.4 Å². The van der Waals surface area contributed by atoms with Crippen molar-refractivity contribution in [3.05, 3.63) is 101 Å². The van der Waals surface area contributed by atoms with Crippen LogP contribution in [0.5, 0.6) is 0 Å². The summed E-state index contributed by atoms with van der Waals surface area (Å²) in [7, 11) is 0. The Balaban J connectivity index is 0.000000492. The van der Waals surface area contributed by atoms with Crippen molar-refractivity contribution in [3.63, 3.8) is 0 Å². The van der Waals surface area contributed by atoms with E-state index in [4.69, 9.17) is 10.1 Å². The number of ketones is 1. The predicted molar refractivity (Wildman–Crippen MR) is 161 cm³/mol. The maximum atomic E-state index is 10.0. The molecule has 5 aromatic rings. The number of fused-ring (bicyclic) bond motifs is 5. The quantitative estimate of drug-likeness (QED) is 0.0876. The van der Waals surface area contributed by atoms with Crippen LogP contribution in [0.3, 0.4) is 0 Å². The number of aliphatic hydroxyl groups excluding tert-OH is 1. The van der Waals surface area contributed by atoms with Crippen LogP contribution < -0.4 is 0 Å². The first kappa shape index (κ1) is 30.7. The summed E-state index contributed by atoms with van der Waals surface area (Å²) in [5, 5.41) is 24.6. The van der Waals surface area contributed by atoms with Crippen LogP contribution in [0.25, 0.3) is 43.6 Å². The fraction of sp³-hybridized carbons (Fsp3) is 0.229. The van der Waals surface area contributed by atoms with Crippen molar-refractivity contribution in [2.75, 3.05) is 0 Å². The molecule has 1 radical (unpaired) electrons. The maximum absolute atomic E-state index is 10.0. The summed E-state index contributed by atoms with van der Waals surface area (Å²) in [5.74, 6) is 0.793. The number of benzene rings is 4. The van der Waals surface area contributed by atoms with Gasteiger partial charge in [0.15, 0.2) is 5.78 Å². The Morgan fingerprint density at radius 2 is 1.50 bits per heavy atom. The number of nitriles is 1. The molecule has 0 unspecified atom stereocenters. The number of pyridine rings is 1. The Morgan fingerprint density at radius 3 is 2.10 bits per heavy atom. The third kappa shape index (κ3) is 6.65. The molecule has 4 aromatic carbocycles. The SMILES string of the molecule is CC(=O)/C=C(/C)O.CC(C)c1[c-]c(-c2nccc3c2ccc2c4ccc(C#N)cc4ccc32)cc(C(C)C)c1.[Ir]. The van der Waals surface area contributed by atoms with Gasteiger partial charge in [-0.15, -0.1) is 34.9 Å². The second kappa shape index (κ2) is 13.0. The summed E-state index contributed by atoms with van der Waals surface area (Å²) >= 11 is 0. The zero-order valence-corrected chi connectivity index (χ0v) is 26.1. The monoisotopic (exact) mass is 706 g/mol. The second-order valence-electron chi connectivity index (χ2n) is 10.5. The Hall–Kier alpha value is -3.84. The van der Waals surface area contributed by atoms with E-state index in [9.17, 15) is 10.1 Å². The molecule has 0 aliphatic heterocycles. The summed E-state index contributed by atoms with van der Waals surface area (Å²) in [5.41, 5.74) is 5.27. The average Bonchev–Trinajstić information content (AvgIpc) is 2.91. The van der Waals surface area contributed by atoms with Crippen molar-refractivity contribution >= 4 is 38.1 Å². The Kier molecular flexibility index (Phi) is 9.98. The average molecular weight is 706 g/mol. The molecule has 5 heteroatoms. The van der Waals surface area contributed by atoms with E-state index in [-0.39, 0.29) is 31.6 Å². The van der Waals surface area contributed by atoms with E-state index < -0.39 is 0 Å². The molecule has 0 saturated carbocycles. The van der Waals surface area contributed by atoms with Gasteiger partial charge in [0.05, 0.1) is 17.4 Å². The van der Waals surface area contributed by atoms with Gasteiger partial charge in [-0.05, 0) is 81.9 Å². The molecule has 0 atom stereocenters. The Morgan fingerprint density at radius 1 is 0.875 bits per heavy atom. The summed E-state index contributed by atoms with van der Waals surface area (Å²) in [6.07, 6.45) is 3.07. The number of aromatic nitrogens is 1. The minimum absolute atomic E-state index is 0. The molecular weight excluding hydrogens is 673 g/mol. The number of hydrogen-bond acceptors (Lipinski definition) is 4. The number of carbonyl (C=O) groups is 1. The van der Waals surface area contributed by atoms with Gasteiger partial charge in [-0.2, -0.15) is 5.26 Å². The van der Waals surface area contributed by atoms with Crippen LogP contribution in [-0.4, -0.2) is 15.9 Å². The van der Waals surface area contributed by atoms with Crippen molar-refractivity contribution in [2.45, 2.75) is 53.4 Å². The molecule has 40 heavy (non-hydrogen) atoms. The van der Waals surface area contributed by atoms with E-state index in [1.54, 1.807) is 0 Å². The summed E-state index contributed by atoms with van der Waals surface area (Å²) < 4.78 is 0. The summed E-state index contributed by atoms with van der Waals surface area (Å²) in [6.45, 7) is 11.7. The smallest absolute Gasteiger partial charge is 0.155 e. The van der Waals surface area contributed by atoms with Crippen LogP contribution >= 0.6 is 0 Å². The molecule has 0 aliphatic carbocycles. The van der Waals surface area contributed by atoms with Gasteiger partial charge in [-0.1, -0.05) is 58.0 Å².